The Bertz CT molecular complexity index is 353. The van der Waals surface area contributed by atoms with Crippen molar-refractivity contribution in [2.45, 2.75) is 53.6 Å². The molecule has 2 amide bonds. The SMILES string of the molecule is CCOC(=O)C(NC(=O)C(NC(C)=O)C(C)C)C(C)C. The van der Waals surface area contributed by atoms with Crippen LogP contribution in [0.3, 0.4) is 0 Å². The minimum absolute atomic E-state index is 0.0751. The van der Waals surface area contributed by atoms with Crippen molar-refractivity contribution in [1.82, 2.24) is 10.6 Å². The fourth-order valence-corrected chi connectivity index (χ4v) is 1.73. The maximum atomic E-state index is 12.2. The van der Waals surface area contributed by atoms with E-state index in [2.05, 4.69) is 10.6 Å². The smallest absolute Gasteiger partial charge is 0.328 e. The molecule has 0 spiro atoms. The molecule has 0 saturated carbocycles. The van der Waals surface area contributed by atoms with Crippen molar-refractivity contribution in [2.75, 3.05) is 6.61 Å². The summed E-state index contributed by atoms with van der Waals surface area (Å²) in [5.74, 6) is -1.28. The topological polar surface area (TPSA) is 84.5 Å². The summed E-state index contributed by atoms with van der Waals surface area (Å²) >= 11 is 0. The Kier molecular flexibility index (Phi) is 7.87. The molecule has 0 saturated heterocycles. The van der Waals surface area contributed by atoms with Crippen LogP contribution in [-0.2, 0) is 19.1 Å². The van der Waals surface area contributed by atoms with Gasteiger partial charge in [0.25, 0.3) is 0 Å². The fraction of sp³-hybridized carbons (Fsp3) is 0.786. The number of amides is 2. The number of carbonyl (C=O) groups excluding carboxylic acids is 3. The van der Waals surface area contributed by atoms with E-state index >= 15 is 0 Å². The predicted octanol–water partition coefficient (Wildman–Crippen LogP) is 0.851. The first-order chi connectivity index (χ1) is 9.20. The highest BCUT2D eigenvalue weighted by atomic mass is 16.5. The average Bonchev–Trinajstić information content (AvgIpc) is 2.31. The Labute approximate surface area is 120 Å². The van der Waals surface area contributed by atoms with Gasteiger partial charge in [0.15, 0.2) is 0 Å². The van der Waals surface area contributed by atoms with Gasteiger partial charge in [-0.1, -0.05) is 27.7 Å². The van der Waals surface area contributed by atoms with Crippen molar-refractivity contribution in [3.8, 4) is 0 Å². The fourth-order valence-electron chi connectivity index (χ4n) is 1.73. The second kappa shape index (κ2) is 8.55. The molecule has 0 aliphatic rings. The van der Waals surface area contributed by atoms with E-state index in [0.29, 0.717) is 0 Å². The number of ether oxygens (including phenoxy) is 1. The van der Waals surface area contributed by atoms with Gasteiger partial charge in [0.1, 0.15) is 12.1 Å². The van der Waals surface area contributed by atoms with E-state index in [9.17, 15) is 14.4 Å². The third kappa shape index (κ3) is 6.04. The lowest BCUT2D eigenvalue weighted by atomic mass is 10.0. The number of carbonyl (C=O) groups is 3. The highest BCUT2D eigenvalue weighted by molar-refractivity contribution is 5.90. The third-order valence-corrected chi connectivity index (χ3v) is 2.81. The van der Waals surface area contributed by atoms with Gasteiger partial charge < -0.3 is 15.4 Å². The van der Waals surface area contributed by atoms with Crippen LogP contribution in [0.1, 0.15) is 41.5 Å². The van der Waals surface area contributed by atoms with Crippen LogP contribution >= 0.6 is 0 Å². The van der Waals surface area contributed by atoms with Crippen molar-refractivity contribution in [2.24, 2.45) is 11.8 Å². The van der Waals surface area contributed by atoms with Gasteiger partial charge in [0.05, 0.1) is 6.61 Å². The molecule has 0 aromatic carbocycles. The zero-order chi connectivity index (χ0) is 15.9. The molecule has 2 unspecified atom stereocenters. The zero-order valence-corrected chi connectivity index (χ0v) is 13.1. The summed E-state index contributed by atoms with van der Waals surface area (Å²) in [4.78, 5) is 35.2. The number of rotatable bonds is 7. The van der Waals surface area contributed by atoms with E-state index in [-0.39, 0.29) is 30.3 Å². The van der Waals surface area contributed by atoms with Crippen molar-refractivity contribution in [3.05, 3.63) is 0 Å². The summed E-state index contributed by atoms with van der Waals surface area (Å²) < 4.78 is 4.95. The van der Waals surface area contributed by atoms with Gasteiger partial charge in [-0.15, -0.1) is 0 Å². The molecule has 116 valence electrons. The summed E-state index contributed by atoms with van der Waals surface area (Å²) in [6, 6.07) is -1.37. The van der Waals surface area contributed by atoms with Crippen LogP contribution in [0.2, 0.25) is 0 Å². The van der Waals surface area contributed by atoms with E-state index in [1.807, 2.05) is 27.7 Å². The highest BCUT2D eigenvalue weighted by Gasteiger charge is 2.30. The predicted molar refractivity (Wildman–Crippen MR) is 75.8 cm³/mol. The molecule has 0 radical (unpaired) electrons. The molecule has 0 rings (SSSR count). The Morgan fingerprint density at radius 3 is 1.80 bits per heavy atom. The van der Waals surface area contributed by atoms with Crippen LogP contribution in [0.5, 0.6) is 0 Å². The van der Waals surface area contributed by atoms with E-state index < -0.39 is 18.1 Å². The van der Waals surface area contributed by atoms with Gasteiger partial charge in [-0.2, -0.15) is 0 Å². The Hall–Kier alpha value is -1.59. The van der Waals surface area contributed by atoms with Gasteiger partial charge >= 0.3 is 5.97 Å². The van der Waals surface area contributed by atoms with E-state index in [0.717, 1.165) is 0 Å². The lowest BCUT2D eigenvalue weighted by Gasteiger charge is -2.26. The normalized spacial score (nSPS) is 13.8. The second-order valence-corrected chi connectivity index (χ2v) is 5.40. The van der Waals surface area contributed by atoms with Crippen LogP contribution in [-0.4, -0.2) is 36.5 Å². The largest absolute Gasteiger partial charge is 0.464 e. The number of esters is 1. The molecule has 0 bridgehead atoms. The monoisotopic (exact) mass is 286 g/mol. The van der Waals surface area contributed by atoms with Crippen molar-refractivity contribution >= 4 is 17.8 Å². The summed E-state index contributed by atoms with van der Waals surface area (Å²) in [5, 5.41) is 5.25. The molecule has 2 atom stereocenters. The van der Waals surface area contributed by atoms with Crippen LogP contribution < -0.4 is 10.6 Å². The first-order valence-electron chi connectivity index (χ1n) is 6.94. The third-order valence-electron chi connectivity index (χ3n) is 2.81. The summed E-state index contributed by atoms with van der Waals surface area (Å²) in [6.07, 6.45) is 0. The molecule has 2 N–H and O–H groups in total. The van der Waals surface area contributed by atoms with Crippen LogP contribution in [0, 0.1) is 11.8 Å². The maximum absolute atomic E-state index is 12.2. The first kappa shape index (κ1) is 18.4. The van der Waals surface area contributed by atoms with E-state index in [4.69, 9.17) is 4.74 Å². The molecule has 6 heteroatoms. The minimum Gasteiger partial charge on any atom is -0.464 e. The van der Waals surface area contributed by atoms with Gasteiger partial charge in [0.2, 0.25) is 11.8 Å². The Morgan fingerprint density at radius 1 is 0.950 bits per heavy atom. The second-order valence-electron chi connectivity index (χ2n) is 5.40. The zero-order valence-electron chi connectivity index (χ0n) is 13.1. The van der Waals surface area contributed by atoms with E-state index in [1.54, 1.807) is 6.92 Å². The average molecular weight is 286 g/mol. The van der Waals surface area contributed by atoms with Crippen molar-refractivity contribution in [3.63, 3.8) is 0 Å². The summed E-state index contributed by atoms with van der Waals surface area (Å²) in [6.45, 7) is 10.6. The number of nitrogens with one attached hydrogen (secondary N) is 2. The van der Waals surface area contributed by atoms with Crippen LogP contribution in [0.4, 0.5) is 0 Å². The van der Waals surface area contributed by atoms with Gasteiger partial charge in [-0.3, -0.25) is 9.59 Å². The highest BCUT2D eigenvalue weighted by Crippen LogP contribution is 2.07. The number of hydrogen-bond donors (Lipinski definition) is 2. The first-order valence-corrected chi connectivity index (χ1v) is 6.94. The van der Waals surface area contributed by atoms with Crippen LogP contribution in [0.25, 0.3) is 0 Å². The Balaban J connectivity index is 4.87. The lowest BCUT2D eigenvalue weighted by molar-refractivity contribution is -0.149. The molecule has 0 aliphatic carbocycles. The van der Waals surface area contributed by atoms with Crippen molar-refractivity contribution < 1.29 is 19.1 Å². The Morgan fingerprint density at radius 2 is 1.45 bits per heavy atom. The summed E-state index contributed by atoms with van der Waals surface area (Å²) in [7, 11) is 0. The molecule has 0 fully saturated rings. The quantitative estimate of drug-likeness (QED) is 0.680. The molecule has 0 aliphatic heterocycles. The van der Waals surface area contributed by atoms with Gasteiger partial charge in [0, 0.05) is 6.92 Å². The standard InChI is InChI=1S/C14H26N2O4/c1-7-20-14(19)12(9(4)5)16-13(18)11(8(2)3)15-10(6)17/h8-9,11-12H,7H2,1-6H3,(H,15,17)(H,16,18). The molecule has 0 aromatic heterocycles. The molecule has 6 nitrogen and oxygen atoms in total. The summed E-state index contributed by atoms with van der Waals surface area (Å²) in [5.41, 5.74) is 0. The van der Waals surface area contributed by atoms with Gasteiger partial charge in [-0.25, -0.2) is 4.79 Å². The molecule has 20 heavy (non-hydrogen) atoms. The minimum atomic E-state index is -0.711. The molecular formula is C14H26N2O4. The van der Waals surface area contributed by atoms with Gasteiger partial charge in [-0.05, 0) is 18.8 Å². The molecule has 0 heterocycles. The van der Waals surface area contributed by atoms with Crippen LogP contribution in [0.15, 0.2) is 0 Å². The maximum Gasteiger partial charge on any atom is 0.328 e. The lowest BCUT2D eigenvalue weighted by Crippen LogP contribution is -2.54. The molecular weight excluding hydrogens is 260 g/mol. The number of hydrogen-bond acceptors (Lipinski definition) is 4. The van der Waals surface area contributed by atoms with E-state index in [1.165, 1.54) is 6.92 Å². The molecule has 0 aromatic rings. The van der Waals surface area contributed by atoms with Crippen molar-refractivity contribution in [1.29, 1.82) is 0 Å².